The number of carbonyl (C=O) groups excluding carboxylic acids is 3. The fourth-order valence-corrected chi connectivity index (χ4v) is 6.55. The maximum atomic E-state index is 12.3. The first-order valence-electron chi connectivity index (χ1n) is 7.28. The van der Waals surface area contributed by atoms with Gasteiger partial charge in [-0.2, -0.15) is 0 Å². The van der Waals surface area contributed by atoms with Crippen molar-refractivity contribution < 1.29 is 23.4 Å². The number of carbonyl (C=O) groups is 3. The van der Waals surface area contributed by atoms with Crippen LogP contribution in [0.3, 0.4) is 0 Å². The molecule has 0 saturated carbocycles. The average Bonchev–Trinajstić information content (AvgIpc) is 2.76. The molecule has 128 valence electrons. The zero-order valence-corrected chi connectivity index (χ0v) is 15.7. The van der Waals surface area contributed by atoms with Crippen molar-refractivity contribution >= 4 is 45.8 Å². The van der Waals surface area contributed by atoms with Crippen LogP contribution in [0, 0.1) is 5.41 Å². The molecule has 9 heteroatoms. The molecular weight excluding hydrogens is 369 g/mol. The van der Waals surface area contributed by atoms with Crippen LogP contribution in [0.15, 0.2) is 24.3 Å². The number of rotatable bonds is 3. The van der Waals surface area contributed by atoms with Gasteiger partial charge in [0, 0.05) is 16.8 Å². The standard InChI is InChI=1S/C15H16NO5PS2/c1-15(2)8-20-22(23,21-9-15)24-12(17)7-16-13(18)10-5-3-4-6-11(10)14(16)19/h3-6H,7-9H2,1-2H3. The number of amides is 2. The van der Waals surface area contributed by atoms with Crippen LogP contribution in [0.4, 0.5) is 0 Å². The third kappa shape index (κ3) is 3.48. The first-order valence-corrected chi connectivity index (χ1v) is 11.3. The van der Waals surface area contributed by atoms with Crippen molar-refractivity contribution in [2.75, 3.05) is 19.8 Å². The van der Waals surface area contributed by atoms with Crippen molar-refractivity contribution in [2.24, 2.45) is 5.41 Å². The Bertz CT molecular complexity index is 730. The molecule has 2 amide bonds. The van der Waals surface area contributed by atoms with Crippen LogP contribution < -0.4 is 0 Å². The Kier molecular flexibility index (Phi) is 4.70. The van der Waals surface area contributed by atoms with Gasteiger partial charge in [0.2, 0.25) is 5.12 Å². The minimum absolute atomic E-state index is 0.144. The van der Waals surface area contributed by atoms with Crippen molar-refractivity contribution in [1.29, 1.82) is 0 Å². The number of fused-ring (bicyclic) bond motifs is 1. The predicted molar refractivity (Wildman–Crippen MR) is 94.4 cm³/mol. The summed E-state index contributed by atoms with van der Waals surface area (Å²) in [6, 6.07) is 6.51. The zero-order valence-electron chi connectivity index (χ0n) is 13.2. The van der Waals surface area contributed by atoms with E-state index in [1.54, 1.807) is 24.3 Å². The SMILES string of the molecule is CC1(C)COP(=S)(SC(=O)CN2C(=O)c3ccccc3C2=O)OC1. The lowest BCUT2D eigenvalue weighted by Crippen LogP contribution is -2.34. The fraction of sp³-hybridized carbons (Fsp3) is 0.400. The molecule has 0 spiro atoms. The van der Waals surface area contributed by atoms with Gasteiger partial charge in [-0.05, 0) is 23.9 Å². The highest BCUT2D eigenvalue weighted by Crippen LogP contribution is 2.64. The van der Waals surface area contributed by atoms with Crippen molar-refractivity contribution in [3.63, 3.8) is 0 Å². The molecule has 2 heterocycles. The zero-order chi connectivity index (χ0) is 17.5. The lowest BCUT2D eigenvalue weighted by atomic mass is 9.97. The molecule has 0 atom stereocenters. The maximum Gasteiger partial charge on any atom is 0.261 e. The van der Waals surface area contributed by atoms with Crippen molar-refractivity contribution in [1.82, 2.24) is 4.90 Å². The van der Waals surface area contributed by atoms with Gasteiger partial charge in [-0.3, -0.25) is 19.3 Å². The van der Waals surface area contributed by atoms with Gasteiger partial charge in [-0.15, -0.1) is 0 Å². The van der Waals surface area contributed by atoms with E-state index in [1.165, 1.54) is 0 Å². The van der Waals surface area contributed by atoms with Crippen molar-refractivity contribution in [2.45, 2.75) is 13.8 Å². The van der Waals surface area contributed by atoms with Gasteiger partial charge in [-0.1, -0.05) is 26.0 Å². The number of hydrogen-bond acceptors (Lipinski definition) is 7. The van der Waals surface area contributed by atoms with E-state index in [1.807, 2.05) is 13.8 Å². The van der Waals surface area contributed by atoms with Gasteiger partial charge in [-0.25, -0.2) is 0 Å². The van der Waals surface area contributed by atoms with E-state index < -0.39 is 22.6 Å². The fourth-order valence-electron chi connectivity index (χ4n) is 2.30. The minimum Gasteiger partial charge on any atom is -0.321 e. The highest BCUT2D eigenvalue weighted by molar-refractivity contribution is 8.73. The van der Waals surface area contributed by atoms with Crippen LogP contribution in [0.5, 0.6) is 0 Å². The topological polar surface area (TPSA) is 72.9 Å². The lowest BCUT2D eigenvalue weighted by molar-refractivity contribution is -0.111. The summed E-state index contributed by atoms with van der Waals surface area (Å²) in [6.07, 6.45) is 0. The predicted octanol–water partition coefficient (Wildman–Crippen LogP) is 2.84. The molecule has 1 saturated heterocycles. The van der Waals surface area contributed by atoms with Gasteiger partial charge in [0.15, 0.2) is 0 Å². The van der Waals surface area contributed by atoms with E-state index in [0.717, 1.165) is 16.3 Å². The lowest BCUT2D eigenvalue weighted by Gasteiger charge is -2.35. The van der Waals surface area contributed by atoms with Gasteiger partial charge in [0.05, 0.1) is 30.9 Å². The Morgan fingerprint density at radius 2 is 1.71 bits per heavy atom. The second-order valence-corrected chi connectivity index (χ2v) is 12.5. The van der Waals surface area contributed by atoms with E-state index in [9.17, 15) is 14.4 Å². The van der Waals surface area contributed by atoms with Crippen LogP contribution >= 0.6 is 17.1 Å². The molecule has 0 aromatic heterocycles. The molecule has 6 nitrogen and oxygen atoms in total. The van der Waals surface area contributed by atoms with Crippen LogP contribution in [-0.4, -0.2) is 41.6 Å². The Labute approximate surface area is 148 Å². The first kappa shape index (κ1) is 17.8. The average molecular weight is 385 g/mol. The van der Waals surface area contributed by atoms with Crippen molar-refractivity contribution in [3.05, 3.63) is 35.4 Å². The van der Waals surface area contributed by atoms with Crippen LogP contribution in [0.25, 0.3) is 0 Å². The molecule has 1 aromatic rings. The van der Waals surface area contributed by atoms with E-state index in [0.29, 0.717) is 24.3 Å². The van der Waals surface area contributed by atoms with E-state index in [2.05, 4.69) is 0 Å². The molecule has 0 bridgehead atoms. The highest BCUT2D eigenvalue weighted by Gasteiger charge is 2.39. The molecule has 2 aliphatic heterocycles. The molecule has 3 rings (SSSR count). The summed E-state index contributed by atoms with van der Waals surface area (Å²) in [5.74, 6) is -0.930. The quantitative estimate of drug-likeness (QED) is 0.585. The van der Waals surface area contributed by atoms with Gasteiger partial charge in [0.1, 0.15) is 0 Å². The Morgan fingerprint density at radius 1 is 1.21 bits per heavy atom. The molecule has 0 unspecified atom stereocenters. The molecule has 2 aliphatic rings. The van der Waals surface area contributed by atoms with Gasteiger partial charge >= 0.3 is 0 Å². The summed E-state index contributed by atoms with van der Waals surface area (Å²) in [5.41, 5.74) is -2.28. The number of nitrogens with zero attached hydrogens (tertiary/aromatic N) is 1. The first-order chi connectivity index (χ1) is 11.2. The smallest absolute Gasteiger partial charge is 0.261 e. The second-order valence-electron chi connectivity index (χ2n) is 6.36. The Balaban J connectivity index is 1.65. The van der Waals surface area contributed by atoms with E-state index in [4.69, 9.17) is 20.9 Å². The third-order valence-corrected chi connectivity index (χ3v) is 8.27. The third-order valence-electron chi connectivity index (χ3n) is 3.61. The minimum atomic E-state index is -2.77. The normalized spacial score (nSPS) is 21.7. The van der Waals surface area contributed by atoms with Crippen LogP contribution in [-0.2, 0) is 25.6 Å². The summed E-state index contributed by atoms with van der Waals surface area (Å²) in [7, 11) is 0. The molecule has 0 aliphatic carbocycles. The monoisotopic (exact) mass is 385 g/mol. The molecule has 1 aromatic carbocycles. The van der Waals surface area contributed by atoms with Crippen molar-refractivity contribution in [3.8, 4) is 0 Å². The summed E-state index contributed by atoms with van der Waals surface area (Å²) in [5, 5.41) is -0.410. The maximum absolute atomic E-state index is 12.3. The van der Waals surface area contributed by atoms with Crippen LogP contribution in [0.1, 0.15) is 34.6 Å². The van der Waals surface area contributed by atoms with E-state index >= 15 is 0 Å². The number of imide groups is 1. The Morgan fingerprint density at radius 3 is 2.21 bits per heavy atom. The summed E-state index contributed by atoms with van der Waals surface area (Å²) in [4.78, 5) is 37.8. The van der Waals surface area contributed by atoms with Crippen LogP contribution in [0.2, 0.25) is 0 Å². The van der Waals surface area contributed by atoms with E-state index in [-0.39, 0.29) is 12.0 Å². The number of hydrogen-bond donors (Lipinski definition) is 0. The largest absolute Gasteiger partial charge is 0.321 e. The summed E-state index contributed by atoms with van der Waals surface area (Å²) >= 11 is 6.11. The summed E-state index contributed by atoms with van der Waals surface area (Å²) in [6.45, 7) is 4.45. The molecule has 0 radical (unpaired) electrons. The molecule has 1 fully saturated rings. The molecule has 0 N–H and O–H groups in total. The summed E-state index contributed by atoms with van der Waals surface area (Å²) < 4.78 is 11.2. The van der Waals surface area contributed by atoms with Gasteiger partial charge in [0.25, 0.3) is 17.5 Å². The van der Waals surface area contributed by atoms with Gasteiger partial charge < -0.3 is 9.05 Å². The Hall–Kier alpha value is -1.05. The molecular formula is C15H16NO5PS2. The highest BCUT2D eigenvalue weighted by atomic mass is 32.9. The number of benzene rings is 1. The second kappa shape index (κ2) is 6.35. The molecule has 24 heavy (non-hydrogen) atoms.